The Morgan fingerprint density at radius 1 is 0.382 bits per heavy atom. The number of cyclic esters (lactones) is 2. The molecule has 12 rings (SSSR count). The summed E-state index contributed by atoms with van der Waals surface area (Å²) in [5.41, 5.74) is -5.25. The SMILES string of the molecule is C.C.C.C.C.C.C.C.C.C.C.C.CCC(C)(C)C(=O)OC1(C)CCOC(=O)C1.CCC(C)(C)C(=O)OC12CC3CC(CC(O)(C3)C1)C2.CCC(C)(C)C(=O)OC12CC3CC(CC(O)(C3)C1)C2.CCC(C)(C)C(=O)OC1COC(=O)C1.CCC1(OC(=O)C(C)(C)CC)CCCC1.CCC1(OC(=O)C(C)(C)CC)CCCC1. The van der Waals surface area contributed by atoms with Gasteiger partial charge in [-0.3, -0.25) is 38.4 Å². The molecular weight excluding hydrogens is 1390 g/mol. The summed E-state index contributed by atoms with van der Waals surface area (Å²) in [5, 5.41) is 21.3. The summed E-state index contributed by atoms with van der Waals surface area (Å²) in [7, 11) is 0. The van der Waals surface area contributed by atoms with E-state index in [2.05, 4.69) is 13.8 Å². The first kappa shape index (κ1) is 121. The molecule has 110 heavy (non-hydrogen) atoms. The second kappa shape index (κ2) is 47.6. The van der Waals surface area contributed by atoms with Gasteiger partial charge in [-0.15, -0.1) is 0 Å². The van der Waals surface area contributed by atoms with Gasteiger partial charge in [-0.25, -0.2) is 0 Å². The third kappa shape index (κ3) is 32.4. The van der Waals surface area contributed by atoms with Gasteiger partial charge in [0.05, 0.1) is 63.1 Å². The van der Waals surface area contributed by atoms with E-state index in [1.165, 1.54) is 38.5 Å². The highest BCUT2D eigenvalue weighted by Crippen LogP contribution is 2.61. The molecule has 2 saturated heterocycles. The second-order valence-electron chi connectivity index (χ2n) is 36.1. The van der Waals surface area contributed by atoms with Crippen molar-refractivity contribution in [3.05, 3.63) is 0 Å². The molecule has 2 N–H and O–H groups in total. The van der Waals surface area contributed by atoms with Crippen molar-refractivity contribution >= 4 is 47.8 Å². The van der Waals surface area contributed by atoms with Gasteiger partial charge in [-0.2, -0.15) is 0 Å². The van der Waals surface area contributed by atoms with Gasteiger partial charge in [0.15, 0.2) is 0 Å². The maximum Gasteiger partial charge on any atom is 0.312 e. The predicted octanol–water partition coefficient (Wildman–Crippen LogP) is 24.5. The van der Waals surface area contributed by atoms with E-state index in [0.717, 1.165) is 116 Å². The summed E-state index contributed by atoms with van der Waals surface area (Å²) in [5.74, 6) is 0.937. The van der Waals surface area contributed by atoms with Gasteiger partial charge in [0.2, 0.25) is 0 Å². The Morgan fingerprint density at radius 3 is 0.900 bits per heavy atom. The van der Waals surface area contributed by atoms with Crippen molar-refractivity contribution in [2.75, 3.05) is 13.2 Å². The van der Waals surface area contributed by atoms with E-state index in [-0.39, 0.29) is 196 Å². The molecule has 0 spiro atoms. The first-order chi connectivity index (χ1) is 45.2. The van der Waals surface area contributed by atoms with Crippen LogP contribution in [0.5, 0.6) is 0 Å². The third-order valence-corrected chi connectivity index (χ3v) is 25.0. The fourth-order valence-electron chi connectivity index (χ4n) is 16.0. The largest absolute Gasteiger partial charge is 0.465 e. The van der Waals surface area contributed by atoms with Crippen LogP contribution in [0, 0.1) is 56.2 Å². The number of hydrogen-bond donors (Lipinski definition) is 2. The summed E-state index contributed by atoms with van der Waals surface area (Å²) >= 11 is 0. The fraction of sp³-hybridized carbons (Fsp3) is 0.913. The Labute approximate surface area is 679 Å². The van der Waals surface area contributed by atoms with Crippen LogP contribution in [0.1, 0.15) is 434 Å². The monoisotopic (exact) mass is 1580 g/mol. The van der Waals surface area contributed by atoms with Crippen LogP contribution >= 0.6 is 0 Å². The molecule has 6 atom stereocenters. The zero-order chi connectivity index (χ0) is 74.0. The number of hydrogen-bond acceptors (Lipinski definition) is 18. The molecule has 0 radical (unpaired) electrons. The molecule has 2 aliphatic heterocycles. The minimum Gasteiger partial charge on any atom is -0.465 e. The minimum atomic E-state index is -0.696. The molecule has 10 saturated carbocycles. The Kier molecular flexibility index (Phi) is 52.6. The van der Waals surface area contributed by atoms with Gasteiger partial charge < -0.3 is 48.1 Å². The van der Waals surface area contributed by atoms with Crippen molar-refractivity contribution in [1.29, 1.82) is 0 Å². The summed E-state index contributed by atoms with van der Waals surface area (Å²) in [4.78, 5) is 94.1. The zero-order valence-electron chi connectivity index (χ0n) is 65.1. The van der Waals surface area contributed by atoms with Crippen LogP contribution in [0.3, 0.4) is 0 Å². The van der Waals surface area contributed by atoms with E-state index in [9.17, 15) is 48.6 Å². The molecule has 2 heterocycles. The van der Waals surface area contributed by atoms with Crippen molar-refractivity contribution in [3.63, 3.8) is 0 Å². The summed E-state index contributed by atoms with van der Waals surface area (Å²) in [6.07, 6.45) is 27.5. The van der Waals surface area contributed by atoms with Gasteiger partial charge in [0, 0.05) is 19.3 Å². The number of aliphatic hydroxyl groups is 2. The van der Waals surface area contributed by atoms with Crippen molar-refractivity contribution in [2.24, 2.45) is 56.2 Å². The van der Waals surface area contributed by atoms with Crippen LogP contribution in [0.4, 0.5) is 0 Å². The van der Waals surface area contributed by atoms with E-state index >= 15 is 0 Å². The Hall–Kier alpha value is -4.32. The topological polar surface area (TPSA) is 251 Å². The lowest BCUT2D eigenvalue weighted by molar-refractivity contribution is -0.226. The molecule has 12 fully saturated rings. The molecule has 12 aliphatic rings. The molecule has 0 aromatic carbocycles. The Bertz CT molecular complexity index is 2570. The highest BCUT2D eigenvalue weighted by molar-refractivity contribution is 5.80. The molecule has 6 unspecified atom stereocenters. The van der Waals surface area contributed by atoms with Crippen LogP contribution in [0.2, 0.25) is 0 Å². The molecule has 0 aromatic rings. The summed E-state index contributed by atoms with van der Waals surface area (Å²) in [6.45, 7) is 41.6. The number of esters is 8. The van der Waals surface area contributed by atoms with Crippen molar-refractivity contribution in [2.45, 2.75) is 479 Å². The minimum absolute atomic E-state index is 0. The lowest BCUT2D eigenvalue weighted by Gasteiger charge is -2.59. The standard InChI is InChI=1S/2C16H26O3.2C13H24O2.C12H20O4.C10H16O4.12CH4/c2*1-4-14(2,3)13(17)19-16-8-11-5-12(9-16)7-15(18,6-11)10-16;2*1-5-12(3,4)11(14)15-13(6-2)9-7-8-10-13;1-5-11(2,3)10(14)16-12(4)6-7-15-9(13)8-12;1-4-10(2,3)9(12)14-7-5-8(11)13-6-7;;;;;;;;;;;;/h2*11-12,18H,4-10H2,1-3H3;2*5-10H2,1-4H3;5-8H2,1-4H3;7H,4-6H2,1-3H3;12*1H4. The van der Waals surface area contributed by atoms with Crippen LogP contribution in [0.15, 0.2) is 0 Å². The van der Waals surface area contributed by atoms with Gasteiger partial charge in [0.25, 0.3) is 0 Å². The molecular formula is C92H184O18. The van der Waals surface area contributed by atoms with Gasteiger partial charge in [-0.1, -0.05) is 145 Å². The highest BCUT2D eigenvalue weighted by atomic mass is 16.6. The van der Waals surface area contributed by atoms with Crippen molar-refractivity contribution < 1.29 is 86.5 Å². The van der Waals surface area contributed by atoms with Crippen molar-refractivity contribution in [3.8, 4) is 0 Å². The molecule has 660 valence electrons. The zero-order valence-corrected chi connectivity index (χ0v) is 65.1. The van der Waals surface area contributed by atoms with Crippen LogP contribution in [-0.2, 0) is 76.3 Å². The maximum atomic E-state index is 12.4. The fourth-order valence-corrected chi connectivity index (χ4v) is 16.0. The first-order valence-electron chi connectivity index (χ1n) is 38.3. The van der Waals surface area contributed by atoms with Crippen molar-refractivity contribution in [1.82, 2.24) is 0 Å². The second-order valence-corrected chi connectivity index (χ2v) is 36.1. The number of carbonyl (C=O) groups is 8. The highest BCUT2D eigenvalue weighted by Gasteiger charge is 2.61. The van der Waals surface area contributed by atoms with Crippen LogP contribution in [0.25, 0.3) is 0 Å². The van der Waals surface area contributed by atoms with E-state index in [4.69, 9.17) is 37.9 Å². The average molecular weight is 1580 g/mol. The Morgan fingerprint density at radius 2 is 0.655 bits per heavy atom. The average Bonchev–Trinajstić information content (AvgIpc) is 0.743. The Balaban J connectivity index is -0.000000186. The lowest BCUT2D eigenvalue weighted by Crippen LogP contribution is -2.61. The first-order valence-corrected chi connectivity index (χ1v) is 38.3. The summed E-state index contributed by atoms with van der Waals surface area (Å²) < 4.78 is 43.6. The number of carbonyl (C=O) groups excluding carboxylic acids is 8. The molecule has 0 amide bonds. The van der Waals surface area contributed by atoms with Crippen LogP contribution in [-0.4, -0.2) is 116 Å². The maximum absolute atomic E-state index is 12.4. The molecule has 0 aromatic heterocycles. The van der Waals surface area contributed by atoms with E-state index < -0.39 is 38.5 Å². The van der Waals surface area contributed by atoms with E-state index in [1.807, 2.05) is 125 Å². The summed E-state index contributed by atoms with van der Waals surface area (Å²) in [6, 6.07) is 0. The number of ether oxygens (including phenoxy) is 8. The third-order valence-electron chi connectivity index (χ3n) is 25.0. The van der Waals surface area contributed by atoms with Gasteiger partial charge in [-0.05, 0) is 281 Å². The molecule has 10 aliphatic carbocycles. The van der Waals surface area contributed by atoms with E-state index in [1.54, 1.807) is 6.92 Å². The van der Waals surface area contributed by atoms with E-state index in [0.29, 0.717) is 62.4 Å². The quantitative estimate of drug-likeness (QED) is 0.0849. The number of rotatable bonds is 20. The molecule has 18 nitrogen and oxygen atoms in total. The molecule has 18 heteroatoms. The lowest BCUT2D eigenvalue weighted by atomic mass is 9.52. The van der Waals surface area contributed by atoms with Crippen LogP contribution < -0.4 is 0 Å². The van der Waals surface area contributed by atoms with Gasteiger partial charge >= 0.3 is 47.8 Å². The normalized spacial score (nSPS) is 27.5. The smallest absolute Gasteiger partial charge is 0.312 e. The predicted molar refractivity (Wildman–Crippen MR) is 457 cm³/mol. The van der Waals surface area contributed by atoms with Gasteiger partial charge in [0.1, 0.15) is 40.7 Å². The molecule has 8 bridgehead atoms.